The monoisotopic (exact) mass is 272 g/mol. The van der Waals surface area contributed by atoms with Crippen LogP contribution in [0.3, 0.4) is 0 Å². The lowest BCUT2D eigenvalue weighted by Gasteiger charge is -2.29. The second-order valence-electron chi connectivity index (χ2n) is 6.63. The van der Waals surface area contributed by atoms with Crippen LogP contribution < -0.4 is 10.6 Å². The number of aryl methyl sites for hydroxylation is 1. The van der Waals surface area contributed by atoms with Gasteiger partial charge < -0.3 is 10.6 Å². The fourth-order valence-electron chi connectivity index (χ4n) is 3.46. The number of benzene rings is 1. The predicted octanol–water partition coefficient (Wildman–Crippen LogP) is 3.11. The molecule has 1 aliphatic carbocycles. The molecule has 3 heteroatoms. The molecule has 20 heavy (non-hydrogen) atoms. The summed E-state index contributed by atoms with van der Waals surface area (Å²) < 4.78 is 0. The Labute approximate surface area is 121 Å². The molecule has 1 aliphatic heterocycles. The normalized spacial score (nSPS) is 23.8. The summed E-state index contributed by atoms with van der Waals surface area (Å²) in [5.41, 5.74) is 2.76. The quantitative estimate of drug-likeness (QED) is 0.887. The highest BCUT2D eigenvalue weighted by molar-refractivity contribution is 5.85. The Morgan fingerprint density at radius 1 is 1.35 bits per heavy atom. The summed E-state index contributed by atoms with van der Waals surface area (Å²) in [5, 5.41) is 6.54. The molecule has 2 aliphatic rings. The SMILES string of the molecule is CC1(CNC(=O)C2CCc3ccccc3N2)CCCC1. The molecule has 108 valence electrons. The second-order valence-corrected chi connectivity index (χ2v) is 6.63. The summed E-state index contributed by atoms with van der Waals surface area (Å²) in [6, 6.07) is 8.20. The van der Waals surface area contributed by atoms with Crippen LogP contribution in [0.25, 0.3) is 0 Å². The van der Waals surface area contributed by atoms with E-state index in [1.54, 1.807) is 0 Å². The lowest BCUT2D eigenvalue weighted by Crippen LogP contribution is -2.44. The third-order valence-electron chi connectivity index (χ3n) is 4.87. The largest absolute Gasteiger partial charge is 0.373 e. The zero-order chi connectivity index (χ0) is 14.0. The fourth-order valence-corrected chi connectivity index (χ4v) is 3.46. The first kappa shape index (κ1) is 13.5. The molecule has 1 atom stereocenters. The molecule has 0 bridgehead atoms. The van der Waals surface area contributed by atoms with Crippen LogP contribution in [0.5, 0.6) is 0 Å². The molecule has 3 nitrogen and oxygen atoms in total. The van der Waals surface area contributed by atoms with Crippen molar-refractivity contribution in [3.63, 3.8) is 0 Å². The van der Waals surface area contributed by atoms with E-state index >= 15 is 0 Å². The average molecular weight is 272 g/mol. The molecule has 3 rings (SSSR count). The van der Waals surface area contributed by atoms with Crippen molar-refractivity contribution in [2.45, 2.75) is 51.5 Å². The van der Waals surface area contributed by atoms with Crippen molar-refractivity contribution in [2.75, 3.05) is 11.9 Å². The van der Waals surface area contributed by atoms with E-state index < -0.39 is 0 Å². The lowest BCUT2D eigenvalue weighted by molar-refractivity contribution is -0.122. The Balaban J connectivity index is 1.56. The molecule has 1 heterocycles. The zero-order valence-electron chi connectivity index (χ0n) is 12.2. The summed E-state index contributed by atoms with van der Waals surface area (Å²) in [7, 11) is 0. The van der Waals surface area contributed by atoms with Gasteiger partial charge in [-0.2, -0.15) is 0 Å². The van der Waals surface area contributed by atoms with Gasteiger partial charge in [0.05, 0.1) is 0 Å². The van der Waals surface area contributed by atoms with Gasteiger partial charge in [-0.1, -0.05) is 38.0 Å². The average Bonchev–Trinajstić information content (AvgIpc) is 2.91. The standard InChI is InChI=1S/C17H24N2O/c1-17(10-4-5-11-17)12-18-16(20)15-9-8-13-6-2-3-7-14(13)19-15/h2-3,6-7,15,19H,4-5,8-12H2,1H3,(H,18,20). The van der Waals surface area contributed by atoms with Crippen LogP contribution in [0.15, 0.2) is 24.3 Å². The van der Waals surface area contributed by atoms with Crippen LogP contribution in [0.2, 0.25) is 0 Å². The maximum absolute atomic E-state index is 12.3. The maximum atomic E-state index is 12.3. The number of amides is 1. The molecule has 1 fully saturated rings. The highest BCUT2D eigenvalue weighted by Gasteiger charge is 2.30. The molecular weight excluding hydrogens is 248 g/mol. The van der Waals surface area contributed by atoms with Gasteiger partial charge in [0.1, 0.15) is 6.04 Å². The number of nitrogens with one attached hydrogen (secondary N) is 2. The fraction of sp³-hybridized carbons (Fsp3) is 0.588. The van der Waals surface area contributed by atoms with Crippen molar-refractivity contribution in [1.82, 2.24) is 5.32 Å². The minimum Gasteiger partial charge on any atom is -0.373 e. The maximum Gasteiger partial charge on any atom is 0.242 e. The lowest BCUT2D eigenvalue weighted by atomic mass is 9.88. The third kappa shape index (κ3) is 2.82. The molecule has 0 radical (unpaired) electrons. The van der Waals surface area contributed by atoms with Gasteiger partial charge in [-0.3, -0.25) is 4.79 Å². The minimum absolute atomic E-state index is 0.0742. The highest BCUT2D eigenvalue weighted by Crippen LogP contribution is 2.36. The van der Waals surface area contributed by atoms with Crippen LogP contribution >= 0.6 is 0 Å². The summed E-state index contributed by atoms with van der Waals surface area (Å²) in [4.78, 5) is 12.3. The smallest absolute Gasteiger partial charge is 0.242 e. The Morgan fingerprint density at radius 2 is 2.10 bits per heavy atom. The molecule has 0 saturated heterocycles. The van der Waals surface area contributed by atoms with E-state index in [9.17, 15) is 4.79 Å². The number of anilines is 1. The van der Waals surface area contributed by atoms with Crippen LogP contribution in [-0.2, 0) is 11.2 Å². The molecular formula is C17H24N2O. The molecule has 0 aromatic heterocycles. The van der Waals surface area contributed by atoms with Crippen LogP contribution in [0.1, 0.15) is 44.6 Å². The Bertz CT molecular complexity index is 492. The van der Waals surface area contributed by atoms with Gasteiger partial charge in [0.2, 0.25) is 5.91 Å². The molecule has 2 N–H and O–H groups in total. The minimum atomic E-state index is -0.0742. The van der Waals surface area contributed by atoms with Gasteiger partial charge in [-0.15, -0.1) is 0 Å². The number of fused-ring (bicyclic) bond motifs is 1. The van der Waals surface area contributed by atoms with Crippen molar-refractivity contribution in [1.29, 1.82) is 0 Å². The zero-order valence-corrected chi connectivity index (χ0v) is 12.2. The number of carbonyl (C=O) groups is 1. The predicted molar refractivity (Wildman–Crippen MR) is 81.8 cm³/mol. The van der Waals surface area contributed by atoms with E-state index in [-0.39, 0.29) is 11.9 Å². The van der Waals surface area contributed by atoms with Crippen molar-refractivity contribution in [2.24, 2.45) is 5.41 Å². The number of carbonyl (C=O) groups excluding carboxylic acids is 1. The van der Waals surface area contributed by atoms with Gasteiger partial charge in [0, 0.05) is 12.2 Å². The molecule has 0 spiro atoms. The molecule has 1 amide bonds. The Kier molecular flexibility index (Phi) is 3.68. The first-order valence-electron chi connectivity index (χ1n) is 7.78. The summed E-state index contributed by atoms with van der Waals surface area (Å²) in [6.07, 6.45) is 6.98. The van der Waals surface area contributed by atoms with E-state index in [4.69, 9.17) is 0 Å². The van der Waals surface area contributed by atoms with E-state index in [1.165, 1.54) is 31.2 Å². The summed E-state index contributed by atoms with van der Waals surface area (Å²) in [6.45, 7) is 3.12. The molecule has 1 unspecified atom stereocenters. The van der Waals surface area contributed by atoms with Crippen molar-refractivity contribution >= 4 is 11.6 Å². The second kappa shape index (κ2) is 5.47. The van der Waals surface area contributed by atoms with E-state index in [0.29, 0.717) is 5.41 Å². The van der Waals surface area contributed by atoms with Gasteiger partial charge in [-0.25, -0.2) is 0 Å². The summed E-state index contributed by atoms with van der Waals surface area (Å²) in [5.74, 6) is 0.160. The molecule has 1 aromatic rings. The van der Waals surface area contributed by atoms with E-state index in [2.05, 4.69) is 35.8 Å². The van der Waals surface area contributed by atoms with Gasteiger partial charge in [-0.05, 0) is 42.7 Å². The number of para-hydroxylation sites is 1. The molecule has 1 saturated carbocycles. The van der Waals surface area contributed by atoms with Crippen molar-refractivity contribution in [3.05, 3.63) is 29.8 Å². The van der Waals surface area contributed by atoms with Crippen LogP contribution in [0.4, 0.5) is 5.69 Å². The topological polar surface area (TPSA) is 41.1 Å². The molecule has 1 aromatic carbocycles. The van der Waals surface area contributed by atoms with E-state index in [0.717, 1.165) is 25.1 Å². The van der Waals surface area contributed by atoms with Crippen molar-refractivity contribution in [3.8, 4) is 0 Å². The first-order valence-corrected chi connectivity index (χ1v) is 7.78. The number of rotatable bonds is 3. The number of hydrogen-bond acceptors (Lipinski definition) is 2. The van der Waals surface area contributed by atoms with Gasteiger partial charge in [0.25, 0.3) is 0 Å². The van der Waals surface area contributed by atoms with Crippen LogP contribution in [-0.4, -0.2) is 18.5 Å². The van der Waals surface area contributed by atoms with E-state index in [1.807, 2.05) is 6.07 Å². The first-order chi connectivity index (χ1) is 9.66. The highest BCUT2D eigenvalue weighted by atomic mass is 16.2. The van der Waals surface area contributed by atoms with Crippen LogP contribution in [0, 0.1) is 5.41 Å². The Hall–Kier alpha value is -1.51. The third-order valence-corrected chi connectivity index (χ3v) is 4.87. The number of hydrogen-bond donors (Lipinski definition) is 2. The van der Waals surface area contributed by atoms with Gasteiger partial charge >= 0.3 is 0 Å². The van der Waals surface area contributed by atoms with Gasteiger partial charge in [0.15, 0.2) is 0 Å². The Morgan fingerprint density at radius 3 is 2.90 bits per heavy atom. The van der Waals surface area contributed by atoms with Crippen molar-refractivity contribution < 1.29 is 4.79 Å². The summed E-state index contributed by atoms with van der Waals surface area (Å²) >= 11 is 0.